The van der Waals surface area contributed by atoms with Crippen molar-refractivity contribution in [1.82, 2.24) is 5.32 Å². The van der Waals surface area contributed by atoms with Crippen LogP contribution in [0.3, 0.4) is 0 Å². The maximum absolute atomic E-state index is 5.97. The second-order valence-electron chi connectivity index (χ2n) is 6.25. The van der Waals surface area contributed by atoms with Crippen LogP contribution in [0.4, 0.5) is 0 Å². The molecule has 1 fully saturated rings. The SMILES string of the molecule is CC(C)(C)NCc1ccccc1OCC1CCOC1. The topological polar surface area (TPSA) is 30.5 Å². The first-order chi connectivity index (χ1) is 9.04. The number of para-hydroxylation sites is 1. The predicted molar refractivity (Wildman–Crippen MR) is 77.5 cm³/mol. The Kier molecular flexibility index (Phi) is 4.83. The first-order valence-electron chi connectivity index (χ1n) is 7.08. The highest BCUT2D eigenvalue weighted by molar-refractivity contribution is 5.33. The minimum atomic E-state index is 0.117. The van der Waals surface area contributed by atoms with Gasteiger partial charge in [0.05, 0.1) is 13.2 Å². The molecule has 1 atom stereocenters. The monoisotopic (exact) mass is 263 g/mol. The number of benzene rings is 1. The van der Waals surface area contributed by atoms with Crippen LogP contribution in [-0.2, 0) is 11.3 Å². The molecule has 19 heavy (non-hydrogen) atoms. The quantitative estimate of drug-likeness (QED) is 0.886. The summed E-state index contributed by atoms with van der Waals surface area (Å²) in [4.78, 5) is 0. The van der Waals surface area contributed by atoms with Gasteiger partial charge in [-0.3, -0.25) is 0 Å². The second-order valence-corrected chi connectivity index (χ2v) is 6.25. The summed E-state index contributed by atoms with van der Waals surface area (Å²) in [6.07, 6.45) is 1.11. The molecule has 1 aliphatic heterocycles. The van der Waals surface area contributed by atoms with Crippen LogP contribution in [-0.4, -0.2) is 25.4 Å². The maximum atomic E-state index is 5.97. The number of nitrogens with one attached hydrogen (secondary N) is 1. The van der Waals surface area contributed by atoms with Gasteiger partial charge in [0.15, 0.2) is 0 Å². The van der Waals surface area contributed by atoms with E-state index in [2.05, 4.69) is 44.3 Å². The third kappa shape index (κ3) is 4.84. The van der Waals surface area contributed by atoms with E-state index in [0.717, 1.165) is 38.5 Å². The summed E-state index contributed by atoms with van der Waals surface area (Å²) in [5.41, 5.74) is 1.34. The normalized spacial score (nSPS) is 19.6. The molecule has 0 amide bonds. The molecule has 1 N–H and O–H groups in total. The first-order valence-corrected chi connectivity index (χ1v) is 7.08. The van der Waals surface area contributed by atoms with Crippen molar-refractivity contribution in [2.45, 2.75) is 39.3 Å². The summed E-state index contributed by atoms with van der Waals surface area (Å²) in [6, 6.07) is 8.26. The Bertz CT molecular complexity index is 392. The van der Waals surface area contributed by atoms with Crippen LogP contribution in [0.15, 0.2) is 24.3 Å². The van der Waals surface area contributed by atoms with E-state index in [9.17, 15) is 0 Å². The molecule has 3 heteroatoms. The van der Waals surface area contributed by atoms with Crippen molar-refractivity contribution in [3.63, 3.8) is 0 Å². The molecule has 1 heterocycles. The van der Waals surface area contributed by atoms with Gasteiger partial charge in [0.25, 0.3) is 0 Å². The molecule has 0 saturated carbocycles. The maximum Gasteiger partial charge on any atom is 0.123 e. The lowest BCUT2D eigenvalue weighted by atomic mass is 10.1. The number of hydrogen-bond donors (Lipinski definition) is 1. The molecule has 1 unspecified atom stereocenters. The fraction of sp³-hybridized carbons (Fsp3) is 0.625. The first kappa shape index (κ1) is 14.4. The van der Waals surface area contributed by atoms with Crippen LogP contribution in [0.1, 0.15) is 32.8 Å². The zero-order valence-corrected chi connectivity index (χ0v) is 12.2. The Balaban J connectivity index is 1.91. The van der Waals surface area contributed by atoms with Gasteiger partial charge in [-0.25, -0.2) is 0 Å². The molecule has 106 valence electrons. The minimum absolute atomic E-state index is 0.117. The molecule has 0 aromatic heterocycles. The number of rotatable bonds is 5. The van der Waals surface area contributed by atoms with Gasteiger partial charge in [-0.05, 0) is 33.3 Å². The van der Waals surface area contributed by atoms with Crippen LogP contribution in [0.2, 0.25) is 0 Å². The zero-order chi connectivity index (χ0) is 13.7. The predicted octanol–water partition coefficient (Wildman–Crippen LogP) is 2.99. The second kappa shape index (κ2) is 6.40. The lowest BCUT2D eigenvalue weighted by molar-refractivity contribution is 0.166. The van der Waals surface area contributed by atoms with Crippen LogP contribution in [0.25, 0.3) is 0 Å². The fourth-order valence-electron chi connectivity index (χ4n) is 2.07. The summed E-state index contributed by atoms with van der Waals surface area (Å²) < 4.78 is 11.3. The zero-order valence-electron chi connectivity index (χ0n) is 12.2. The number of hydrogen-bond acceptors (Lipinski definition) is 3. The van der Waals surface area contributed by atoms with E-state index in [4.69, 9.17) is 9.47 Å². The molecular formula is C16H25NO2. The van der Waals surface area contributed by atoms with Crippen molar-refractivity contribution in [3.8, 4) is 5.75 Å². The van der Waals surface area contributed by atoms with Crippen molar-refractivity contribution < 1.29 is 9.47 Å². The molecule has 0 bridgehead atoms. The van der Waals surface area contributed by atoms with Gasteiger partial charge in [0.2, 0.25) is 0 Å². The molecule has 0 radical (unpaired) electrons. The van der Waals surface area contributed by atoms with Gasteiger partial charge in [-0.15, -0.1) is 0 Å². The summed E-state index contributed by atoms with van der Waals surface area (Å²) in [5, 5.41) is 3.50. The van der Waals surface area contributed by atoms with Crippen molar-refractivity contribution in [2.75, 3.05) is 19.8 Å². The van der Waals surface area contributed by atoms with E-state index in [1.165, 1.54) is 5.56 Å². The molecular weight excluding hydrogens is 238 g/mol. The van der Waals surface area contributed by atoms with Crippen molar-refractivity contribution in [1.29, 1.82) is 0 Å². The number of ether oxygens (including phenoxy) is 2. The Morgan fingerprint density at radius 3 is 2.79 bits per heavy atom. The van der Waals surface area contributed by atoms with E-state index < -0.39 is 0 Å². The average molecular weight is 263 g/mol. The Morgan fingerprint density at radius 1 is 1.32 bits per heavy atom. The van der Waals surface area contributed by atoms with Gasteiger partial charge < -0.3 is 14.8 Å². The van der Waals surface area contributed by atoms with Gasteiger partial charge in [-0.2, -0.15) is 0 Å². The molecule has 2 rings (SSSR count). The molecule has 1 saturated heterocycles. The molecule has 1 aliphatic rings. The van der Waals surface area contributed by atoms with E-state index in [-0.39, 0.29) is 5.54 Å². The van der Waals surface area contributed by atoms with Gasteiger partial charge in [0, 0.05) is 30.2 Å². The lowest BCUT2D eigenvalue weighted by Gasteiger charge is -2.22. The van der Waals surface area contributed by atoms with Crippen molar-refractivity contribution >= 4 is 0 Å². The molecule has 3 nitrogen and oxygen atoms in total. The highest BCUT2D eigenvalue weighted by Crippen LogP contribution is 2.21. The molecule has 1 aromatic carbocycles. The van der Waals surface area contributed by atoms with E-state index in [1.807, 2.05) is 6.07 Å². The smallest absolute Gasteiger partial charge is 0.123 e. The van der Waals surface area contributed by atoms with E-state index in [0.29, 0.717) is 5.92 Å². The van der Waals surface area contributed by atoms with Crippen LogP contribution >= 0.6 is 0 Å². The minimum Gasteiger partial charge on any atom is -0.493 e. The largest absolute Gasteiger partial charge is 0.493 e. The summed E-state index contributed by atoms with van der Waals surface area (Å²) in [5.74, 6) is 1.54. The summed E-state index contributed by atoms with van der Waals surface area (Å²) >= 11 is 0. The Labute approximate surface area is 116 Å². The van der Waals surface area contributed by atoms with Crippen LogP contribution < -0.4 is 10.1 Å². The van der Waals surface area contributed by atoms with Crippen LogP contribution in [0, 0.1) is 5.92 Å². The van der Waals surface area contributed by atoms with Gasteiger partial charge in [0.1, 0.15) is 5.75 Å². The summed E-state index contributed by atoms with van der Waals surface area (Å²) in [7, 11) is 0. The van der Waals surface area contributed by atoms with E-state index in [1.54, 1.807) is 0 Å². The van der Waals surface area contributed by atoms with Gasteiger partial charge >= 0.3 is 0 Å². The molecule has 0 spiro atoms. The van der Waals surface area contributed by atoms with Crippen molar-refractivity contribution in [2.24, 2.45) is 5.92 Å². The molecule has 0 aliphatic carbocycles. The molecule has 1 aromatic rings. The van der Waals surface area contributed by atoms with Crippen LogP contribution in [0.5, 0.6) is 5.75 Å². The van der Waals surface area contributed by atoms with Crippen molar-refractivity contribution in [3.05, 3.63) is 29.8 Å². The lowest BCUT2D eigenvalue weighted by Crippen LogP contribution is -2.35. The average Bonchev–Trinajstić information content (AvgIpc) is 2.87. The Hall–Kier alpha value is -1.06. The summed E-state index contributed by atoms with van der Waals surface area (Å²) in [6.45, 7) is 9.82. The van der Waals surface area contributed by atoms with E-state index >= 15 is 0 Å². The Morgan fingerprint density at radius 2 is 2.11 bits per heavy atom. The highest BCUT2D eigenvalue weighted by Gasteiger charge is 2.17. The fourth-order valence-corrected chi connectivity index (χ4v) is 2.07. The third-order valence-corrected chi connectivity index (χ3v) is 3.28. The highest BCUT2D eigenvalue weighted by atomic mass is 16.5. The van der Waals surface area contributed by atoms with Gasteiger partial charge in [-0.1, -0.05) is 18.2 Å². The third-order valence-electron chi connectivity index (χ3n) is 3.28. The standard InChI is InChI=1S/C16H25NO2/c1-16(2,3)17-10-14-6-4-5-7-15(14)19-12-13-8-9-18-11-13/h4-7,13,17H,8-12H2,1-3H3.